The molecule has 1 aromatic carbocycles. The molecule has 0 saturated carbocycles. The molecule has 1 aliphatic heterocycles. The molecule has 7 heteroatoms. The highest BCUT2D eigenvalue weighted by atomic mass is 16.7. The van der Waals surface area contributed by atoms with Crippen molar-refractivity contribution in [2.24, 2.45) is 5.16 Å². The number of rotatable bonds is 3. The summed E-state index contributed by atoms with van der Waals surface area (Å²) in [6, 6.07) is 7.40. The van der Waals surface area contributed by atoms with Gasteiger partial charge in [-0.05, 0) is 37.3 Å². The minimum atomic E-state index is -1.21. The standard InChI is InChI=1S/C16H11NO6/c1-8-12(16(21)23-17-8)7-10-3-5-14(22-10)9-2-4-11(15(19)20)13(18)6-9/h2-7,18H,1H3,(H,19,20)/b12-7-. The summed E-state index contributed by atoms with van der Waals surface area (Å²) in [4.78, 5) is 26.9. The molecule has 0 spiro atoms. The maximum atomic E-state index is 11.5. The summed E-state index contributed by atoms with van der Waals surface area (Å²) in [7, 11) is 0. The molecule has 0 radical (unpaired) electrons. The van der Waals surface area contributed by atoms with E-state index in [1.165, 1.54) is 24.3 Å². The summed E-state index contributed by atoms with van der Waals surface area (Å²) < 4.78 is 5.59. The van der Waals surface area contributed by atoms with E-state index in [0.29, 0.717) is 28.4 Å². The van der Waals surface area contributed by atoms with Gasteiger partial charge in [0.05, 0.1) is 11.3 Å². The van der Waals surface area contributed by atoms with Gasteiger partial charge in [0.25, 0.3) is 0 Å². The van der Waals surface area contributed by atoms with Crippen LogP contribution in [0, 0.1) is 0 Å². The van der Waals surface area contributed by atoms with Crippen LogP contribution >= 0.6 is 0 Å². The van der Waals surface area contributed by atoms with E-state index in [1.807, 2.05) is 0 Å². The molecule has 0 bridgehead atoms. The van der Waals surface area contributed by atoms with E-state index in [9.17, 15) is 14.7 Å². The zero-order chi connectivity index (χ0) is 16.6. The average molecular weight is 313 g/mol. The molecule has 1 aromatic heterocycles. The van der Waals surface area contributed by atoms with Gasteiger partial charge >= 0.3 is 11.9 Å². The van der Waals surface area contributed by atoms with Crippen LogP contribution in [0.3, 0.4) is 0 Å². The Morgan fingerprint density at radius 3 is 2.65 bits per heavy atom. The fraction of sp³-hybridized carbons (Fsp3) is 0.0625. The molecule has 1 aliphatic rings. The first kappa shape index (κ1) is 14.6. The van der Waals surface area contributed by atoms with Crippen molar-refractivity contribution < 1.29 is 29.1 Å². The molecule has 7 nitrogen and oxygen atoms in total. The predicted octanol–water partition coefficient (Wildman–Crippen LogP) is 2.67. The van der Waals surface area contributed by atoms with Gasteiger partial charge in [-0.25, -0.2) is 9.59 Å². The van der Waals surface area contributed by atoms with Gasteiger partial charge in [0.2, 0.25) is 0 Å². The first-order valence-corrected chi connectivity index (χ1v) is 6.60. The fourth-order valence-corrected chi connectivity index (χ4v) is 2.11. The number of carbonyl (C=O) groups is 2. The Morgan fingerprint density at radius 2 is 2.04 bits per heavy atom. The Labute approximate surface area is 130 Å². The van der Waals surface area contributed by atoms with Crippen molar-refractivity contribution >= 4 is 23.7 Å². The Balaban J connectivity index is 1.92. The molecule has 0 saturated heterocycles. The van der Waals surface area contributed by atoms with E-state index in [4.69, 9.17) is 9.52 Å². The number of oxime groups is 1. The van der Waals surface area contributed by atoms with Gasteiger partial charge in [-0.2, -0.15) is 0 Å². The summed E-state index contributed by atoms with van der Waals surface area (Å²) in [5, 5.41) is 22.2. The zero-order valence-electron chi connectivity index (χ0n) is 11.9. The number of carboxylic acid groups (broad SMARTS) is 1. The molecule has 0 amide bonds. The van der Waals surface area contributed by atoms with Gasteiger partial charge in [-0.3, -0.25) is 0 Å². The van der Waals surface area contributed by atoms with E-state index in [2.05, 4.69) is 9.99 Å². The number of carboxylic acids is 1. The maximum absolute atomic E-state index is 11.5. The van der Waals surface area contributed by atoms with Crippen molar-refractivity contribution in [3.63, 3.8) is 0 Å². The molecule has 0 unspecified atom stereocenters. The molecule has 23 heavy (non-hydrogen) atoms. The summed E-state index contributed by atoms with van der Waals surface area (Å²) >= 11 is 0. The lowest BCUT2D eigenvalue weighted by molar-refractivity contribution is -0.136. The van der Waals surface area contributed by atoms with Gasteiger partial charge in [0.15, 0.2) is 0 Å². The van der Waals surface area contributed by atoms with Crippen LogP contribution in [0.25, 0.3) is 17.4 Å². The van der Waals surface area contributed by atoms with Crippen molar-refractivity contribution in [3.05, 3.63) is 47.2 Å². The van der Waals surface area contributed by atoms with Crippen molar-refractivity contribution in [2.75, 3.05) is 0 Å². The van der Waals surface area contributed by atoms with Crippen LogP contribution in [0.2, 0.25) is 0 Å². The number of benzene rings is 1. The van der Waals surface area contributed by atoms with E-state index in [0.717, 1.165) is 0 Å². The van der Waals surface area contributed by atoms with Crippen LogP contribution in [-0.4, -0.2) is 27.9 Å². The van der Waals surface area contributed by atoms with Crippen molar-refractivity contribution in [3.8, 4) is 17.1 Å². The molecule has 2 heterocycles. The lowest BCUT2D eigenvalue weighted by Crippen LogP contribution is -2.01. The number of hydrogen-bond acceptors (Lipinski definition) is 6. The number of hydrogen-bond donors (Lipinski definition) is 2. The summed E-state index contributed by atoms with van der Waals surface area (Å²) in [5.41, 5.74) is 1.08. The largest absolute Gasteiger partial charge is 0.507 e. The highest BCUT2D eigenvalue weighted by Gasteiger charge is 2.22. The zero-order valence-corrected chi connectivity index (χ0v) is 11.9. The van der Waals surface area contributed by atoms with Gasteiger partial charge < -0.3 is 19.5 Å². The van der Waals surface area contributed by atoms with Crippen molar-refractivity contribution in [1.82, 2.24) is 0 Å². The Hall–Kier alpha value is -3.35. The van der Waals surface area contributed by atoms with Gasteiger partial charge in [0, 0.05) is 5.56 Å². The molecule has 0 atom stereocenters. The fourth-order valence-electron chi connectivity index (χ4n) is 2.11. The third-order valence-corrected chi connectivity index (χ3v) is 3.30. The monoisotopic (exact) mass is 313 g/mol. The van der Waals surface area contributed by atoms with Gasteiger partial charge in [-0.15, -0.1) is 0 Å². The molecule has 2 N–H and O–H groups in total. The second-order valence-electron chi connectivity index (χ2n) is 4.85. The first-order valence-electron chi connectivity index (χ1n) is 6.60. The second-order valence-corrected chi connectivity index (χ2v) is 4.85. The number of carbonyl (C=O) groups excluding carboxylic acids is 1. The minimum absolute atomic E-state index is 0.191. The van der Waals surface area contributed by atoms with Gasteiger partial charge in [-0.1, -0.05) is 11.2 Å². The van der Waals surface area contributed by atoms with E-state index < -0.39 is 11.9 Å². The first-order chi connectivity index (χ1) is 11.0. The SMILES string of the molecule is CC1=NOC(=O)/C1=C\c1ccc(-c2ccc(C(=O)O)c(O)c2)o1. The van der Waals surface area contributed by atoms with Crippen LogP contribution in [0.5, 0.6) is 5.75 Å². The molecule has 3 rings (SSSR count). The summed E-state index contributed by atoms with van der Waals surface area (Å²) in [5.74, 6) is -1.29. The van der Waals surface area contributed by atoms with Crippen LogP contribution in [0.4, 0.5) is 0 Å². The third-order valence-electron chi connectivity index (χ3n) is 3.30. The highest BCUT2D eigenvalue weighted by Crippen LogP contribution is 2.29. The summed E-state index contributed by atoms with van der Waals surface area (Å²) in [6.07, 6.45) is 1.50. The average Bonchev–Trinajstić information content (AvgIpc) is 3.09. The van der Waals surface area contributed by atoms with E-state index in [-0.39, 0.29) is 11.3 Å². The number of aromatic hydroxyl groups is 1. The van der Waals surface area contributed by atoms with Crippen LogP contribution in [-0.2, 0) is 9.63 Å². The smallest absolute Gasteiger partial charge is 0.367 e. The second kappa shape index (κ2) is 5.45. The Morgan fingerprint density at radius 1 is 1.26 bits per heavy atom. The molecule has 0 fully saturated rings. The highest BCUT2D eigenvalue weighted by molar-refractivity contribution is 6.24. The maximum Gasteiger partial charge on any atom is 0.367 e. The molecule has 116 valence electrons. The lowest BCUT2D eigenvalue weighted by Gasteiger charge is -2.02. The van der Waals surface area contributed by atoms with Crippen molar-refractivity contribution in [1.29, 1.82) is 0 Å². The topological polar surface area (TPSA) is 109 Å². The number of nitrogens with zero attached hydrogens (tertiary/aromatic N) is 1. The Kier molecular flexibility index (Phi) is 3.46. The minimum Gasteiger partial charge on any atom is -0.507 e. The van der Waals surface area contributed by atoms with Crippen LogP contribution < -0.4 is 0 Å². The molecule has 2 aromatic rings. The quantitative estimate of drug-likeness (QED) is 0.666. The van der Waals surface area contributed by atoms with Gasteiger partial charge in [0.1, 0.15) is 22.8 Å². The predicted molar refractivity (Wildman–Crippen MR) is 79.9 cm³/mol. The number of aromatic carboxylic acids is 1. The molecule has 0 aliphatic carbocycles. The van der Waals surface area contributed by atoms with E-state index >= 15 is 0 Å². The number of furan rings is 1. The Bertz CT molecular complexity index is 874. The van der Waals surface area contributed by atoms with Crippen LogP contribution in [0.15, 0.2) is 45.5 Å². The van der Waals surface area contributed by atoms with Crippen molar-refractivity contribution in [2.45, 2.75) is 6.92 Å². The van der Waals surface area contributed by atoms with Crippen LogP contribution in [0.1, 0.15) is 23.0 Å². The molecular weight excluding hydrogens is 302 g/mol. The normalized spacial score (nSPS) is 15.6. The third kappa shape index (κ3) is 2.71. The lowest BCUT2D eigenvalue weighted by atomic mass is 10.1. The van der Waals surface area contributed by atoms with E-state index in [1.54, 1.807) is 19.1 Å². The summed E-state index contributed by atoms with van der Waals surface area (Å²) in [6.45, 7) is 1.64. The number of phenols is 1. The molecular formula is C16H11NO6.